The number of hydrogen-bond acceptors (Lipinski definition) is 1. The number of benzene rings is 1. The van der Waals surface area contributed by atoms with Crippen LogP contribution in [0.25, 0.3) is 10.9 Å². The van der Waals surface area contributed by atoms with Gasteiger partial charge in [-0.3, -0.25) is 4.79 Å². The van der Waals surface area contributed by atoms with Gasteiger partial charge in [0.25, 0.3) is 0 Å². The molecule has 0 saturated heterocycles. The van der Waals surface area contributed by atoms with Crippen molar-refractivity contribution in [2.24, 2.45) is 5.92 Å². The summed E-state index contributed by atoms with van der Waals surface area (Å²) in [6, 6.07) is 8.58. The normalized spacial score (nSPS) is 17.5. The van der Waals surface area contributed by atoms with Gasteiger partial charge in [-0.15, -0.1) is 0 Å². The van der Waals surface area contributed by atoms with Gasteiger partial charge in [-0.1, -0.05) is 37.5 Å². The number of amides is 1. The average Bonchev–Trinajstić information content (AvgIpc) is 2.97. The maximum atomic E-state index is 12.2. The summed E-state index contributed by atoms with van der Waals surface area (Å²) >= 11 is 0. The van der Waals surface area contributed by atoms with Crippen molar-refractivity contribution in [3.05, 3.63) is 36.0 Å². The monoisotopic (exact) mass is 298 g/mol. The standard InChI is InChI=1S/C19H26N2O/c1-14(15-7-3-2-4-8-15)21-19(22)12-11-16-13-20-18-10-6-5-9-17(16)18/h5-6,9-10,13-15,20H,2-4,7-8,11-12H2,1H3,(H,21,22). The SMILES string of the molecule is CC(NC(=O)CCc1c[nH]c2ccccc12)C1CCCCC1. The number of para-hydroxylation sites is 1. The fraction of sp³-hybridized carbons (Fsp3) is 0.526. The van der Waals surface area contributed by atoms with Gasteiger partial charge in [0.05, 0.1) is 0 Å². The first kappa shape index (κ1) is 15.1. The Morgan fingerprint density at radius 3 is 2.86 bits per heavy atom. The van der Waals surface area contributed by atoms with Crippen molar-refractivity contribution in [1.82, 2.24) is 10.3 Å². The fourth-order valence-corrected chi connectivity index (χ4v) is 3.66. The van der Waals surface area contributed by atoms with Gasteiger partial charge in [0.1, 0.15) is 0 Å². The van der Waals surface area contributed by atoms with Crippen LogP contribution in [0.3, 0.4) is 0 Å². The van der Waals surface area contributed by atoms with Gasteiger partial charge in [0, 0.05) is 29.6 Å². The highest BCUT2D eigenvalue weighted by molar-refractivity contribution is 5.84. The van der Waals surface area contributed by atoms with Crippen molar-refractivity contribution in [1.29, 1.82) is 0 Å². The summed E-state index contributed by atoms with van der Waals surface area (Å²) in [5.74, 6) is 0.856. The summed E-state index contributed by atoms with van der Waals surface area (Å²) in [6.45, 7) is 2.17. The van der Waals surface area contributed by atoms with Crippen molar-refractivity contribution in [2.75, 3.05) is 0 Å². The van der Waals surface area contributed by atoms with Crippen LogP contribution in [0.2, 0.25) is 0 Å². The van der Waals surface area contributed by atoms with E-state index in [1.807, 2.05) is 18.3 Å². The lowest BCUT2D eigenvalue weighted by Gasteiger charge is -2.28. The minimum absolute atomic E-state index is 0.184. The van der Waals surface area contributed by atoms with Crippen LogP contribution in [-0.2, 0) is 11.2 Å². The molecule has 3 rings (SSSR count). The zero-order valence-electron chi connectivity index (χ0n) is 13.4. The summed E-state index contributed by atoms with van der Waals surface area (Å²) in [4.78, 5) is 15.5. The molecule has 1 aromatic carbocycles. The minimum Gasteiger partial charge on any atom is -0.361 e. The topological polar surface area (TPSA) is 44.9 Å². The maximum absolute atomic E-state index is 12.2. The number of aromatic nitrogens is 1. The fourth-order valence-electron chi connectivity index (χ4n) is 3.66. The second kappa shape index (κ2) is 6.99. The Balaban J connectivity index is 1.51. The van der Waals surface area contributed by atoms with E-state index >= 15 is 0 Å². The average molecular weight is 298 g/mol. The Hall–Kier alpha value is -1.77. The second-order valence-corrected chi connectivity index (χ2v) is 6.61. The van der Waals surface area contributed by atoms with Gasteiger partial charge in [0.2, 0.25) is 5.91 Å². The summed E-state index contributed by atoms with van der Waals surface area (Å²) in [5, 5.41) is 4.44. The third kappa shape index (κ3) is 3.52. The Labute approximate surface area is 132 Å². The van der Waals surface area contributed by atoms with Gasteiger partial charge >= 0.3 is 0 Å². The molecule has 1 aliphatic carbocycles. The maximum Gasteiger partial charge on any atom is 0.220 e. The van der Waals surface area contributed by atoms with E-state index < -0.39 is 0 Å². The molecule has 1 unspecified atom stereocenters. The first-order valence-corrected chi connectivity index (χ1v) is 8.58. The van der Waals surface area contributed by atoms with Gasteiger partial charge in [-0.25, -0.2) is 0 Å². The summed E-state index contributed by atoms with van der Waals surface area (Å²) in [7, 11) is 0. The molecule has 0 radical (unpaired) electrons. The number of carbonyl (C=O) groups is 1. The first-order valence-electron chi connectivity index (χ1n) is 8.58. The third-order valence-corrected chi connectivity index (χ3v) is 5.04. The number of nitrogens with one attached hydrogen (secondary N) is 2. The molecule has 2 aromatic rings. The van der Waals surface area contributed by atoms with Crippen LogP contribution in [-0.4, -0.2) is 16.9 Å². The predicted molar refractivity (Wildman–Crippen MR) is 90.8 cm³/mol. The number of H-pyrrole nitrogens is 1. The lowest BCUT2D eigenvalue weighted by atomic mass is 9.84. The van der Waals surface area contributed by atoms with Gasteiger partial charge < -0.3 is 10.3 Å². The van der Waals surface area contributed by atoms with E-state index in [-0.39, 0.29) is 5.91 Å². The van der Waals surface area contributed by atoms with E-state index in [0.29, 0.717) is 18.4 Å². The molecule has 2 N–H and O–H groups in total. The van der Waals surface area contributed by atoms with Gasteiger partial charge in [0.15, 0.2) is 0 Å². The molecule has 22 heavy (non-hydrogen) atoms. The summed E-state index contributed by atoms with van der Waals surface area (Å²) < 4.78 is 0. The van der Waals surface area contributed by atoms with E-state index in [0.717, 1.165) is 11.9 Å². The van der Waals surface area contributed by atoms with Gasteiger partial charge in [-0.05, 0) is 43.7 Å². The number of hydrogen-bond donors (Lipinski definition) is 2. The number of rotatable bonds is 5. The predicted octanol–water partition coefficient (Wildman–Crippen LogP) is 4.19. The summed E-state index contributed by atoms with van der Waals surface area (Å²) in [5.41, 5.74) is 2.38. The van der Waals surface area contributed by atoms with Gasteiger partial charge in [-0.2, -0.15) is 0 Å². The molecule has 3 heteroatoms. The quantitative estimate of drug-likeness (QED) is 0.854. The molecule has 1 aromatic heterocycles. The van der Waals surface area contributed by atoms with Crippen molar-refractivity contribution in [3.63, 3.8) is 0 Å². The van der Waals surface area contributed by atoms with Crippen LogP contribution < -0.4 is 5.32 Å². The number of aromatic amines is 1. The molecule has 3 nitrogen and oxygen atoms in total. The molecule has 0 bridgehead atoms. The Kier molecular flexibility index (Phi) is 4.81. The number of fused-ring (bicyclic) bond motifs is 1. The van der Waals surface area contributed by atoms with Crippen molar-refractivity contribution in [2.45, 2.75) is 57.9 Å². The Bertz CT molecular complexity index is 625. The van der Waals surface area contributed by atoms with E-state index in [4.69, 9.17) is 0 Å². The van der Waals surface area contributed by atoms with Crippen molar-refractivity contribution < 1.29 is 4.79 Å². The van der Waals surface area contributed by atoms with Crippen molar-refractivity contribution >= 4 is 16.8 Å². The van der Waals surface area contributed by atoms with E-state index in [2.05, 4.69) is 29.4 Å². The lowest BCUT2D eigenvalue weighted by molar-refractivity contribution is -0.122. The minimum atomic E-state index is 0.184. The number of carbonyl (C=O) groups excluding carboxylic acids is 1. The summed E-state index contributed by atoms with van der Waals surface area (Å²) in [6.07, 6.45) is 9.93. The zero-order valence-corrected chi connectivity index (χ0v) is 13.4. The third-order valence-electron chi connectivity index (χ3n) is 5.04. The van der Waals surface area contributed by atoms with E-state index in [9.17, 15) is 4.79 Å². The Morgan fingerprint density at radius 1 is 1.27 bits per heavy atom. The Morgan fingerprint density at radius 2 is 2.05 bits per heavy atom. The first-order chi connectivity index (χ1) is 10.7. The molecule has 1 aliphatic rings. The lowest BCUT2D eigenvalue weighted by Crippen LogP contribution is -2.38. The molecular formula is C19H26N2O. The van der Waals surface area contributed by atoms with E-state index in [1.165, 1.54) is 43.1 Å². The molecule has 1 saturated carbocycles. The molecule has 118 valence electrons. The molecular weight excluding hydrogens is 272 g/mol. The largest absolute Gasteiger partial charge is 0.361 e. The number of aryl methyl sites for hydroxylation is 1. The highest BCUT2D eigenvalue weighted by Crippen LogP contribution is 2.26. The molecule has 1 amide bonds. The van der Waals surface area contributed by atoms with Crippen LogP contribution in [0.1, 0.15) is 51.0 Å². The molecule has 0 spiro atoms. The van der Waals surface area contributed by atoms with Crippen LogP contribution >= 0.6 is 0 Å². The second-order valence-electron chi connectivity index (χ2n) is 6.61. The highest BCUT2D eigenvalue weighted by Gasteiger charge is 2.21. The molecule has 1 heterocycles. The smallest absolute Gasteiger partial charge is 0.220 e. The van der Waals surface area contributed by atoms with Crippen LogP contribution in [0.5, 0.6) is 0 Å². The molecule has 1 fully saturated rings. The van der Waals surface area contributed by atoms with E-state index in [1.54, 1.807) is 0 Å². The van der Waals surface area contributed by atoms with Crippen LogP contribution in [0.4, 0.5) is 0 Å². The molecule has 1 atom stereocenters. The zero-order chi connectivity index (χ0) is 15.4. The van der Waals surface area contributed by atoms with Crippen LogP contribution in [0, 0.1) is 5.92 Å². The van der Waals surface area contributed by atoms with Crippen LogP contribution in [0.15, 0.2) is 30.5 Å². The molecule has 0 aliphatic heterocycles. The van der Waals surface area contributed by atoms with Crippen molar-refractivity contribution in [3.8, 4) is 0 Å². The highest BCUT2D eigenvalue weighted by atomic mass is 16.1.